The Morgan fingerprint density at radius 2 is 1.88 bits per heavy atom. The zero-order chi connectivity index (χ0) is 18.0. The van der Waals surface area contributed by atoms with Crippen molar-refractivity contribution in [1.29, 1.82) is 0 Å². The molecule has 1 aliphatic heterocycles. The van der Waals surface area contributed by atoms with E-state index in [4.69, 9.17) is 9.88 Å². The Bertz CT molecular complexity index is 940. The molecule has 0 atom stereocenters. The topological polar surface area (TPSA) is 107 Å². The fraction of sp³-hybridized carbons (Fsp3) is 0.176. The number of esters is 1. The molecule has 0 radical (unpaired) electrons. The second-order valence-corrected chi connectivity index (χ2v) is 7.13. The number of sulfonamides is 1. The molecule has 0 aliphatic carbocycles. The van der Waals surface area contributed by atoms with Gasteiger partial charge in [0.15, 0.2) is 6.61 Å². The van der Waals surface area contributed by atoms with Gasteiger partial charge < -0.3 is 9.64 Å². The zero-order valence-corrected chi connectivity index (χ0v) is 14.0. The van der Waals surface area contributed by atoms with Crippen LogP contribution >= 0.6 is 0 Å². The van der Waals surface area contributed by atoms with E-state index in [1.165, 1.54) is 18.2 Å². The van der Waals surface area contributed by atoms with Gasteiger partial charge in [0.2, 0.25) is 10.0 Å². The minimum atomic E-state index is -3.92. The third kappa shape index (κ3) is 3.70. The molecular weight excluding hydrogens is 344 g/mol. The quantitative estimate of drug-likeness (QED) is 0.821. The zero-order valence-electron chi connectivity index (χ0n) is 13.2. The van der Waals surface area contributed by atoms with Gasteiger partial charge in [-0.2, -0.15) is 0 Å². The first-order valence-electron chi connectivity index (χ1n) is 7.54. The molecule has 0 saturated carbocycles. The molecule has 7 nitrogen and oxygen atoms in total. The molecule has 0 unspecified atom stereocenters. The minimum Gasteiger partial charge on any atom is -0.452 e. The number of hydrogen-bond acceptors (Lipinski definition) is 5. The van der Waals surface area contributed by atoms with E-state index in [0.29, 0.717) is 6.54 Å². The lowest BCUT2D eigenvalue weighted by atomic mass is 10.2. The number of benzene rings is 2. The molecule has 2 aromatic carbocycles. The number of ether oxygens (including phenoxy) is 1. The summed E-state index contributed by atoms with van der Waals surface area (Å²) in [5.41, 5.74) is 1.91. The first-order chi connectivity index (χ1) is 11.9. The predicted octanol–water partition coefficient (Wildman–Crippen LogP) is 1.08. The smallest absolute Gasteiger partial charge is 0.338 e. The van der Waals surface area contributed by atoms with Gasteiger partial charge in [-0.3, -0.25) is 4.79 Å². The highest BCUT2D eigenvalue weighted by atomic mass is 32.2. The average molecular weight is 360 g/mol. The Balaban J connectivity index is 1.66. The van der Waals surface area contributed by atoms with Crippen LogP contribution in [0, 0.1) is 0 Å². The fourth-order valence-corrected chi connectivity index (χ4v) is 3.25. The van der Waals surface area contributed by atoms with Gasteiger partial charge in [0.05, 0.1) is 10.5 Å². The number of carbonyl (C=O) groups excluding carboxylic acids is 2. The van der Waals surface area contributed by atoms with Crippen molar-refractivity contribution in [2.24, 2.45) is 5.14 Å². The first kappa shape index (κ1) is 17.1. The number of rotatable bonds is 4. The van der Waals surface area contributed by atoms with Crippen molar-refractivity contribution in [1.82, 2.24) is 0 Å². The number of amides is 1. The van der Waals surface area contributed by atoms with Crippen LogP contribution in [0.4, 0.5) is 5.69 Å². The average Bonchev–Trinajstić information content (AvgIpc) is 3.03. The Morgan fingerprint density at radius 3 is 2.64 bits per heavy atom. The summed E-state index contributed by atoms with van der Waals surface area (Å²) in [7, 11) is -3.92. The Morgan fingerprint density at radius 1 is 1.12 bits per heavy atom. The molecule has 0 spiro atoms. The van der Waals surface area contributed by atoms with E-state index in [0.717, 1.165) is 23.7 Å². The van der Waals surface area contributed by atoms with Crippen LogP contribution in [0.15, 0.2) is 53.4 Å². The maximum absolute atomic E-state index is 12.3. The highest BCUT2D eigenvalue weighted by Crippen LogP contribution is 2.27. The molecule has 8 heteroatoms. The van der Waals surface area contributed by atoms with Crippen LogP contribution in [-0.2, 0) is 26.0 Å². The van der Waals surface area contributed by atoms with Gasteiger partial charge in [-0.05, 0) is 36.2 Å². The molecule has 0 saturated heterocycles. The van der Waals surface area contributed by atoms with Crippen molar-refractivity contribution < 1.29 is 22.7 Å². The van der Waals surface area contributed by atoms with Crippen LogP contribution < -0.4 is 10.0 Å². The molecule has 2 N–H and O–H groups in total. The largest absolute Gasteiger partial charge is 0.452 e. The van der Waals surface area contributed by atoms with Crippen molar-refractivity contribution in [3.8, 4) is 0 Å². The summed E-state index contributed by atoms with van der Waals surface area (Å²) >= 11 is 0. The summed E-state index contributed by atoms with van der Waals surface area (Å²) in [4.78, 5) is 25.7. The van der Waals surface area contributed by atoms with Crippen LogP contribution in [-0.4, -0.2) is 33.4 Å². The van der Waals surface area contributed by atoms with E-state index in [1.807, 2.05) is 24.3 Å². The number of para-hydroxylation sites is 1. The highest BCUT2D eigenvalue weighted by molar-refractivity contribution is 7.89. The first-order valence-corrected chi connectivity index (χ1v) is 9.09. The van der Waals surface area contributed by atoms with E-state index in [-0.39, 0.29) is 16.4 Å². The Labute approximate surface area is 145 Å². The second kappa shape index (κ2) is 6.66. The third-order valence-corrected chi connectivity index (χ3v) is 4.82. The van der Waals surface area contributed by atoms with Crippen molar-refractivity contribution in [2.45, 2.75) is 11.3 Å². The minimum absolute atomic E-state index is 0.0150. The fourth-order valence-electron chi connectivity index (χ4n) is 2.69. The Hall–Kier alpha value is -2.71. The Kier molecular flexibility index (Phi) is 4.56. The number of fused-ring (bicyclic) bond motifs is 1. The van der Waals surface area contributed by atoms with E-state index < -0.39 is 22.6 Å². The van der Waals surface area contributed by atoms with Gasteiger partial charge in [-0.1, -0.05) is 24.3 Å². The lowest BCUT2D eigenvalue weighted by Gasteiger charge is -2.17. The number of carbonyl (C=O) groups is 2. The second-order valence-electron chi connectivity index (χ2n) is 5.57. The van der Waals surface area contributed by atoms with E-state index in [2.05, 4.69) is 0 Å². The van der Waals surface area contributed by atoms with Gasteiger partial charge in [0.25, 0.3) is 5.91 Å². The number of primary sulfonamides is 1. The molecule has 25 heavy (non-hydrogen) atoms. The van der Waals surface area contributed by atoms with Crippen LogP contribution in [0.5, 0.6) is 0 Å². The number of nitrogens with two attached hydrogens (primary N) is 1. The summed E-state index contributed by atoms with van der Waals surface area (Å²) in [6.45, 7) is 0.114. The lowest BCUT2D eigenvalue weighted by molar-refractivity contribution is -0.121. The molecule has 130 valence electrons. The van der Waals surface area contributed by atoms with Gasteiger partial charge >= 0.3 is 5.97 Å². The lowest BCUT2D eigenvalue weighted by Crippen LogP contribution is -2.33. The van der Waals surface area contributed by atoms with Crippen LogP contribution in [0.25, 0.3) is 0 Å². The van der Waals surface area contributed by atoms with Crippen molar-refractivity contribution in [3.05, 3.63) is 59.7 Å². The van der Waals surface area contributed by atoms with Gasteiger partial charge in [0, 0.05) is 12.2 Å². The highest BCUT2D eigenvalue weighted by Gasteiger charge is 2.25. The SMILES string of the molecule is NS(=O)(=O)c1cccc(C(=O)OCC(=O)N2CCc3ccccc32)c1. The molecule has 2 aromatic rings. The molecule has 1 amide bonds. The van der Waals surface area contributed by atoms with Gasteiger partial charge in [-0.25, -0.2) is 18.4 Å². The predicted molar refractivity (Wildman–Crippen MR) is 90.6 cm³/mol. The van der Waals surface area contributed by atoms with Crippen LogP contribution in [0.1, 0.15) is 15.9 Å². The van der Waals surface area contributed by atoms with Crippen LogP contribution in [0.3, 0.4) is 0 Å². The standard InChI is InChI=1S/C17H16N2O5S/c18-25(22,23)14-6-3-5-13(10-14)17(21)24-11-16(20)19-9-8-12-4-1-2-7-15(12)19/h1-7,10H,8-9,11H2,(H2,18,22,23). The van der Waals surface area contributed by atoms with Crippen LogP contribution in [0.2, 0.25) is 0 Å². The molecule has 0 aromatic heterocycles. The summed E-state index contributed by atoms with van der Waals surface area (Å²) < 4.78 is 27.7. The summed E-state index contributed by atoms with van der Waals surface area (Å²) in [6, 6.07) is 12.7. The maximum atomic E-state index is 12.3. The van der Waals surface area contributed by atoms with E-state index in [1.54, 1.807) is 4.90 Å². The molecular formula is C17H16N2O5S. The third-order valence-electron chi connectivity index (χ3n) is 3.91. The van der Waals surface area contributed by atoms with Crippen molar-refractivity contribution in [2.75, 3.05) is 18.1 Å². The van der Waals surface area contributed by atoms with Crippen molar-refractivity contribution in [3.63, 3.8) is 0 Å². The molecule has 0 bridgehead atoms. The summed E-state index contributed by atoms with van der Waals surface area (Å²) in [5, 5.41) is 5.04. The molecule has 0 fully saturated rings. The maximum Gasteiger partial charge on any atom is 0.338 e. The normalized spacial score (nSPS) is 13.4. The molecule has 1 aliphatic rings. The summed E-state index contributed by atoms with van der Waals surface area (Å²) in [6.07, 6.45) is 0.756. The number of nitrogens with zero attached hydrogens (tertiary/aromatic N) is 1. The van der Waals surface area contributed by atoms with Gasteiger partial charge in [-0.15, -0.1) is 0 Å². The van der Waals surface area contributed by atoms with Crippen molar-refractivity contribution >= 4 is 27.6 Å². The van der Waals surface area contributed by atoms with Gasteiger partial charge in [0.1, 0.15) is 0 Å². The number of anilines is 1. The monoisotopic (exact) mass is 360 g/mol. The molecule has 3 rings (SSSR count). The summed E-state index contributed by atoms with van der Waals surface area (Å²) in [5.74, 6) is -1.12. The van der Waals surface area contributed by atoms with E-state index in [9.17, 15) is 18.0 Å². The number of hydrogen-bond donors (Lipinski definition) is 1. The van der Waals surface area contributed by atoms with E-state index >= 15 is 0 Å². The molecule has 1 heterocycles.